The Morgan fingerprint density at radius 1 is 0.875 bits per heavy atom. The average molecular weight is 564 g/mol. The highest BCUT2D eigenvalue weighted by Gasteiger charge is 2.17. The van der Waals surface area contributed by atoms with E-state index in [-0.39, 0.29) is 11.7 Å². The first-order valence-corrected chi connectivity index (χ1v) is 16.0. The van der Waals surface area contributed by atoms with Crippen LogP contribution in [0.2, 0.25) is 0 Å². The quantitative estimate of drug-likeness (QED) is 0.0900. The van der Waals surface area contributed by atoms with Crippen LogP contribution in [0, 0.1) is 6.92 Å². The van der Waals surface area contributed by atoms with E-state index in [0.717, 1.165) is 18.4 Å². The number of para-hydroxylation sites is 1. The minimum Gasteiger partial charge on any atom is -0.491 e. The zero-order valence-electron chi connectivity index (χ0n) is 24.7. The highest BCUT2D eigenvalue weighted by molar-refractivity contribution is 7.09. The van der Waals surface area contributed by atoms with Crippen molar-refractivity contribution < 1.29 is 18.9 Å². The summed E-state index contributed by atoms with van der Waals surface area (Å²) in [6.07, 6.45) is 17.5. The molecule has 1 aromatic heterocycles. The molecule has 0 aliphatic rings. The summed E-state index contributed by atoms with van der Waals surface area (Å²) >= 11 is 1.70. The Kier molecular flexibility index (Phi) is 13.9. The number of ketones is 1. The van der Waals surface area contributed by atoms with E-state index in [9.17, 15) is 9.59 Å². The van der Waals surface area contributed by atoms with Crippen LogP contribution >= 0.6 is 11.3 Å². The van der Waals surface area contributed by atoms with Gasteiger partial charge >= 0.3 is 0 Å². The lowest BCUT2D eigenvalue weighted by Gasteiger charge is -2.16. The number of unbranched alkanes of at least 4 members (excludes halogenated alkanes) is 11. The summed E-state index contributed by atoms with van der Waals surface area (Å²) in [5.74, 6) is 0.169. The maximum atomic E-state index is 13.2. The smallest absolute Gasteiger partial charge is 0.255 e. The SMILES string of the molecule is CCCCCCCCCCCCCCOc1c(NC(=O)c2cccc(C[n+]3csc(C)c3)c2)cccc1C(C)=O. The predicted octanol–water partition coefficient (Wildman–Crippen LogP) is 8.93. The number of carbonyl (C=O) groups is 2. The average Bonchev–Trinajstić information content (AvgIpc) is 3.36. The third kappa shape index (κ3) is 10.9. The van der Waals surface area contributed by atoms with Crippen LogP contribution in [0.4, 0.5) is 5.69 Å². The van der Waals surface area contributed by atoms with E-state index < -0.39 is 0 Å². The minimum absolute atomic E-state index is 0.0779. The number of amides is 1. The minimum atomic E-state index is -0.218. The molecule has 1 heterocycles. The van der Waals surface area contributed by atoms with Crippen LogP contribution in [-0.2, 0) is 6.54 Å². The number of carbonyl (C=O) groups excluding carboxylic acids is 2. The maximum Gasteiger partial charge on any atom is 0.255 e. The topological polar surface area (TPSA) is 59.3 Å². The van der Waals surface area contributed by atoms with Crippen molar-refractivity contribution in [3.8, 4) is 5.75 Å². The van der Waals surface area contributed by atoms with Gasteiger partial charge in [-0.3, -0.25) is 9.59 Å². The van der Waals surface area contributed by atoms with Gasteiger partial charge in [0.2, 0.25) is 5.51 Å². The number of anilines is 1. The summed E-state index contributed by atoms with van der Waals surface area (Å²) in [5, 5.41) is 2.99. The molecule has 0 saturated heterocycles. The molecule has 1 amide bonds. The number of benzene rings is 2. The fourth-order valence-electron chi connectivity index (χ4n) is 4.93. The molecule has 0 radical (unpaired) electrons. The summed E-state index contributed by atoms with van der Waals surface area (Å²) in [4.78, 5) is 26.8. The number of aromatic nitrogens is 1. The molecule has 40 heavy (non-hydrogen) atoms. The van der Waals surface area contributed by atoms with Crippen LogP contribution in [0.15, 0.2) is 54.2 Å². The lowest BCUT2D eigenvalue weighted by molar-refractivity contribution is -0.683. The Bertz CT molecular complexity index is 1200. The Balaban J connectivity index is 1.48. The molecule has 216 valence electrons. The van der Waals surface area contributed by atoms with Crippen molar-refractivity contribution >= 4 is 28.7 Å². The molecular formula is C34H47N2O3S+. The summed E-state index contributed by atoms with van der Waals surface area (Å²) in [5.41, 5.74) is 4.73. The molecule has 0 spiro atoms. The molecule has 3 aromatic rings. The monoisotopic (exact) mass is 563 g/mol. The van der Waals surface area contributed by atoms with Crippen LogP contribution in [-0.4, -0.2) is 18.3 Å². The van der Waals surface area contributed by atoms with Gasteiger partial charge in [0.25, 0.3) is 5.91 Å². The second-order valence-electron chi connectivity index (χ2n) is 10.8. The van der Waals surface area contributed by atoms with E-state index in [2.05, 4.69) is 35.4 Å². The number of ether oxygens (including phenoxy) is 1. The molecule has 6 heteroatoms. The van der Waals surface area contributed by atoms with Crippen LogP contribution in [0.3, 0.4) is 0 Å². The van der Waals surface area contributed by atoms with Gasteiger partial charge < -0.3 is 10.1 Å². The molecule has 3 rings (SSSR count). The number of nitrogens with zero attached hydrogens (tertiary/aromatic N) is 1. The number of thiazole rings is 1. The Hall–Kier alpha value is -2.99. The largest absolute Gasteiger partial charge is 0.491 e. The fourth-order valence-corrected chi connectivity index (χ4v) is 5.56. The number of Topliss-reactive ketones (excluding diaryl/α,β-unsaturated/α-hetero) is 1. The number of hydrogen-bond donors (Lipinski definition) is 1. The van der Waals surface area contributed by atoms with Crippen molar-refractivity contribution in [2.45, 2.75) is 104 Å². The molecule has 0 aliphatic heterocycles. The van der Waals surface area contributed by atoms with Crippen molar-refractivity contribution in [3.63, 3.8) is 0 Å². The van der Waals surface area contributed by atoms with Crippen molar-refractivity contribution in [2.75, 3.05) is 11.9 Å². The van der Waals surface area contributed by atoms with Gasteiger partial charge in [-0.2, -0.15) is 4.57 Å². The van der Waals surface area contributed by atoms with Crippen LogP contribution < -0.4 is 14.6 Å². The highest BCUT2D eigenvalue weighted by Crippen LogP contribution is 2.30. The Labute approximate surface area is 245 Å². The van der Waals surface area contributed by atoms with Gasteiger partial charge in [-0.25, -0.2) is 0 Å². The Morgan fingerprint density at radius 2 is 1.52 bits per heavy atom. The number of aryl methyl sites for hydroxylation is 1. The third-order valence-electron chi connectivity index (χ3n) is 7.16. The van der Waals surface area contributed by atoms with Gasteiger partial charge in [0, 0.05) is 11.1 Å². The second-order valence-corrected chi connectivity index (χ2v) is 11.9. The van der Waals surface area contributed by atoms with Gasteiger partial charge in [-0.15, -0.1) is 0 Å². The molecule has 0 atom stereocenters. The van der Waals surface area contributed by atoms with E-state index in [1.54, 1.807) is 29.5 Å². The van der Waals surface area contributed by atoms with Crippen molar-refractivity contribution in [2.24, 2.45) is 0 Å². The number of nitrogens with one attached hydrogen (secondary N) is 1. The van der Waals surface area contributed by atoms with Crippen LogP contribution in [0.5, 0.6) is 5.75 Å². The Morgan fingerprint density at radius 3 is 2.15 bits per heavy atom. The van der Waals surface area contributed by atoms with Gasteiger partial charge in [0.05, 0.1) is 22.7 Å². The lowest BCUT2D eigenvalue weighted by atomic mass is 10.1. The molecule has 0 unspecified atom stereocenters. The molecule has 1 N–H and O–H groups in total. The van der Waals surface area contributed by atoms with Gasteiger partial charge in [0.15, 0.2) is 24.3 Å². The van der Waals surface area contributed by atoms with Crippen molar-refractivity contribution in [3.05, 3.63) is 75.7 Å². The molecular weight excluding hydrogens is 516 g/mol. The molecule has 0 fully saturated rings. The zero-order chi connectivity index (χ0) is 28.6. The van der Waals surface area contributed by atoms with Crippen molar-refractivity contribution in [1.29, 1.82) is 0 Å². The van der Waals surface area contributed by atoms with E-state index in [1.165, 1.54) is 76.0 Å². The van der Waals surface area contributed by atoms with Gasteiger partial charge in [-0.05, 0) is 44.5 Å². The van der Waals surface area contributed by atoms with E-state index in [1.807, 2.05) is 24.3 Å². The first-order chi connectivity index (χ1) is 19.5. The van der Waals surface area contributed by atoms with Crippen LogP contribution in [0.1, 0.15) is 122 Å². The first kappa shape index (κ1) is 31.5. The van der Waals surface area contributed by atoms with E-state index in [4.69, 9.17) is 4.74 Å². The van der Waals surface area contributed by atoms with E-state index >= 15 is 0 Å². The molecule has 0 saturated carbocycles. The molecule has 2 aromatic carbocycles. The molecule has 5 nitrogen and oxygen atoms in total. The van der Waals surface area contributed by atoms with Gasteiger partial charge in [-0.1, -0.05) is 107 Å². The number of hydrogen-bond acceptors (Lipinski definition) is 4. The highest BCUT2D eigenvalue weighted by atomic mass is 32.1. The summed E-state index contributed by atoms with van der Waals surface area (Å²) in [6.45, 7) is 7.11. The first-order valence-electron chi connectivity index (χ1n) is 15.1. The lowest BCUT2D eigenvalue weighted by Crippen LogP contribution is -2.30. The third-order valence-corrected chi connectivity index (χ3v) is 8.02. The van der Waals surface area contributed by atoms with Crippen LogP contribution in [0.25, 0.3) is 0 Å². The molecule has 0 bridgehead atoms. The fraction of sp³-hybridized carbons (Fsp3) is 0.500. The van der Waals surface area contributed by atoms with Gasteiger partial charge in [0.1, 0.15) is 0 Å². The summed E-state index contributed by atoms with van der Waals surface area (Å²) in [6, 6.07) is 13.0. The summed E-state index contributed by atoms with van der Waals surface area (Å²) in [7, 11) is 0. The van der Waals surface area contributed by atoms with E-state index in [0.29, 0.717) is 35.7 Å². The standard InChI is InChI=1S/C34H46N2O3S/c1-4-5-6-7-8-9-10-11-12-13-14-15-22-39-33-31(28(3)37)20-17-21-32(33)35-34(38)30-19-16-18-29(23-30)25-36-24-27(2)40-26-36/h16-21,23-24,26H,4-15,22,25H2,1-3H3/p+1. The zero-order valence-corrected chi connectivity index (χ0v) is 25.5. The molecule has 0 aliphatic carbocycles. The maximum absolute atomic E-state index is 13.2. The summed E-state index contributed by atoms with van der Waals surface area (Å²) < 4.78 is 8.25. The normalized spacial score (nSPS) is 11.0. The second kappa shape index (κ2) is 17.6. The van der Waals surface area contributed by atoms with Crippen molar-refractivity contribution in [1.82, 2.24) is 0 Å². The predicted molar refractivity (Wildman–Crippen MR) is 166 cm³/mol. The number of rotatable bonds is 19.